The van der Waals surface area contributed by atoms with E-state index >= 15 is 0 Å². The average Bonchev–Trinajstić information content (AvgIpc) is 2.50. The molecule has 1 aliphatic rings. The molecule has 1 aliphatic carbocycles. The van der Waals surface area contributed by atoms with Crippen LogP contribution in [0.4, 0.5) is 0 Å². The Morgan fingerprint density at radius 3 is 3.18 bits per heavy atom. The molecular formula is C11H14. The lowest BCUT2D eigenvalue weighted by atomic mass is 10.0. The van der Waals surface area contributed by atoms with E-state index in [1.54, 1.807) is 0 Å². The first-order chi connectivity index (χ1) is 5.40. The number of hydrogen-bond donors (Lipinski definition) is 0. The predicted octanol–water partition coefficient (Wildman–Crippen LogP) is 3.06. The van der Waals surface area contributed by atoms with Crippen molar-refractivity contribution in [3.05, 3.63) is 41.0 Å². The van der Waals surface area contributed by atoms with Gasteiger partial charge >= 0.3 is 0 Å². The van der Waals surface area contributed by atoms with Gasteiger partial charge in [0.2, 0.25) is 0 Å². The molecule has 1 aromatic carbocycles. The number of rotatable bonds is 1. The number of allylic oxidation sites excluding steroid dienone is 1. The summed E-state index contributed by atoms with van der Waals surface area (Å²) in [6.45, 7) is 2.20. The summed E-state index contributed by atoms with van der Waals surface area (Å²) in [6, 6.07) is 6.75. The normalized spacial score (nSPS) is 13.5. The van der Waals surface area contributed by atoms with Gasteiger partial charge in [0.05, 0.1) is 0 Å². The standard InChI is InChI=1S/C11H12.H2/c1-2-9-6-7-10-4-3-5-11(10)8-9;/h3-4,6-8H,2,5H2,1H3;1H. The molecule has 58 valence electrons. The van der Waals surface area contributed by atoms with Gasteiger partial charge in [0.1, 0.15) is 0 Å². The van der Waals surface area contributed by atoms with Gasteiger partial charge < -0.3 is 0 Å². The van der Waals surface area contributed by atoms with Crippen LogP contribution in [-0.4, -0.2) is 0 Å². The predicted molar refractivity (Wildman–Crippen MR) is 50.7 cm³/mol. The van der Waals surface area contributed by atoms with Crippen LogP contribution in [0.3, 0.4) is 0 Å². The van der Waals surface area contributed by atoms with E-state index in [1.165, 1.54) is 16.7 Å². The Balaban J connectivity index is 0.000000720. The molecule has 2 rings (SSSR count). The molecule has 0 amide bonds. The van der Waals surface area contributed by atoms with E-state index in [1.807, 2.05) is 0 Å². The summed E-state index contributed by atoms with van der Waals surface area (Å²) in [5.74, 6) is 0. The first-order valence-corrected chi connectivity index (χ1v) is 4.18. The van der Waals surface area contributed by atoms with Crippen LogP contribution in [0.2, 0.25) is 0 Å². The number of fused-ring (bicyclic) bond motifs is 1. The van der Waals surface area contributed by atoms with E-state index in [2.05, 4.69) is 37.3 Å². The summed E-state index contributed by atoms with van der Waals surface area (Å²) >= 11 is 0. The van der Waals surface area contributed by atoms with Gasteiger partial charge in [-0.2, -0.15) is 0 Å². The van der Waals surface area contributed by atoms with E-state index in [4.69, 9.17) is 0 Å². The molecule has 1 aromatic rings. The fourth-order valence-electron chi connectivity index (χ4n) is 1.53. The lowest BCUT2D eigenvalue weighted by Gasteiger charge is -2.00. The zero-order valence-electron chi connectivity index (χ0n) is 6.80. The minimum absolute atomic E-state index is 0. The van der Waals surface area contributed by atoms with E-state index in [0.29, 0.717) is 0 Å². The fourth-order valence-corrected chi connectivity index (χ4v) is 1.53. The molecule has 0 bridgehead atoms. The number of benzene rings is 1. The van der Waals surface area contributed by atoms with Gasteiger partial charge in [0.15, 0.2) is 0 Å². The van der Waals surface area contributed by atoms with Gasteiger partial charge in [-0.15, -0.1) is 0 Å². The van der Waals surface area contributed by atoms with Gasteiger partial charge in [-0.05, 0) is 29.5 Å². The SMILES string of the molecule is CCc1ccc2c(c1)CC=C2.[HH]. The Morgan fingerprint density at radius 2 is 2.36 bits per heavy atom. The smallest absolute Gasteiger partial charge is 0 e. The van der Waals surface area contributed by atoms with Crippen LogP contribution >= 0.6 is 0 Å². The molecule has 0 unspecified atom stereocenters. The maximum Gasteiger partial charge on any atom is 0 e. The molecule has 0 radical (unpaired) electrons. The molecule has 0 spiro atoms. The van der Waals surface area contributed by atoms with E-state index in [-0.39, 0.29) is 1.43 Å². The van der Waals surface area contributed by atoms with E-state index in [0.717, 1.165) is 12.8 Å². The van der Waals surface area contributed by atoms with Crippen molar-refractivity contribution < 1.29 is 1.43 Å². The zero-order chi connectivity index (χ0) is 7.68. The van der Waals surface area contributed by atoms with Crippen molar-refractivity contribution in [3.63, 3.8) is 0 Å². The van der Waals surface area contributed by atoms with Gasteiger partial charge in [-0.3, -0.25) is 0 Å². The van der Waals surface area contributed by atoms with Gasteiger partial charge in [0, 0.05) is 1.43 Å². The second-order valence-corrected chi connectivity index (χ2v) is 2.99. The fraction of sp³-hybridized carbons (Fsp3) is 0.273. The summed E-state index contributed by atoms with van der Waals surface area (Å²) in [6.07, 6.45) is 6.70. The van der Waals surface area contributed by atoms with E-state index < -0.39 is 0 Å². The van der Waals surface area contributed by atoms with Crippen LogP contribution in [0.1, 0.15) is 25.0 Å². The monoisotopic (exact) mass is 146 g/mol. The quantitative estimate of drug-likeness (QED) is 0.571. The third-order valence-electron chi connectivity index (χ3n) is 2.25. The highest BCUT2D eigenvalue weighted by Gasteiger charge is 2.03. The highest BCUT2D eigenvalue weighted by atomic mass is 14.1. The third kappa shape index (κ3) is 1.09. The van der Waals surface area contributed by atoms with Crippen molar-refractivity contribution in [3.8, 4) is 0 Å². The van der Waals surface area contributed by atoms with Crippen LogP contribution in [0.5, 0.6) is 0 Å². The Bertz CT molecular complexity index is 300. The van der Waals surface area contributed by atoms with Crippen molar-refractivity contribution in [1.29, 1.82) is 0 Å². The van der Waals surface area contributed by atoms with Crippen molar-refractivity contribution >= 4 is 6.08 Å². The topological polar surface area (TPSA) is 0 Å². The lowest BCUT2D eigenvalue weighted by Crippen LogP contribution is -1.85. The summed E-state index contributed by atoms with van der Waals surface area (Å²) in [7, 11) is 0. The average molecular weight is 146 g/mol. The van der Waals surface area contributed by atoms with Crippen LogP contribution in [0.25, 0.3) is 6.08 Å². The second-order valence-electron chi connectivity index (χ2n) is 2.99. The Morgan fingerprint density at radius 1 is 1.45 bits per heavy atom. The third-order valence-corrected chi connectivity index (χ3v) is 2.25. The zero-order valence-corrected chi connectivity index (χ0v) is 6.80. The van der Waals surface area contributed by atoms with Crippen LogP contribution in [-0.2, 0) is 12.8 Å². The molecule has 0 nitrogen and oxygen atoms in total. The van der Waals surface area contributed by atoms with Crippen molar-refractivity contribution in [2.45, 2.75) is 19.8 Å². The molecule has 0 fully saturated rings. The minimum atomic E-state index is 0. The molecule has 0 saturated heterocycles. The summed E-state index contributed by atoms with van der Waals surface area (Å²) < 4.78 is 0. The summed E-state index contributed by atoms with van der Waals surface area (Å²) in [5.41, 5.74) is 4.35. The van der Waals surface area contributed by atoms with Crippen molar-refractivity contribution in [2.75, 3.05) is 0 Å². The molecule has 0 aromatic heterocycles. The Labute approximate surface area is 69.0 Å². The highest BCUT2D eigenvalue weighted by molar-refractivity contribution is 5.60. The van der Waals surface area contributed by atoms with Crippen LogP contribution < -0.4 is 0 Å². The largest absolute Gasteiger partial charge is 0.0795 e. The Kier molecular flexibility index (Phi) is 1.54. The molecular weight excluding hydrogens is 132 g/mol. The molecule has 11 heavy (non-hydrogen) atoms. The molecule has 0 aliphatic heterocycles. The molecule has 0 heterocycles. The van der Waals surface area contributed by atoms with Crippen molar-refractivity contribution in [2.24, 2.45) is 0 Å². The minimum Gasteiger partial charge on any atom is -0.0795 e. The van der Waals surface area contributed by atoms with Gasteiger partial charge in [-0.25, -0.2) is 0 Å². The number of aryl methyl sites for hydroxylation is 1. The molecule has 0 saturated carbocycles. The van der Waals surface area contributed by atoms with Crippen LogP contribution in [0, 0.1) is 0 Å². The van der Waals surface area contributed by atoms with Crippen molar-refractivity contribution in [1.82, 2.24) is 0 Å². The Hall–Kier alpha value is -1.04. The van der Waals surface area contributed by atoms with E-state index in [9.17, 15) is 0 Å². The maximum absolute atomic E-state index is 2.31. The lowest BCUT2D eigenvalue weighted by molar-refractivity contribution is 1.12. The second kappa shape index (κ2) is 2.54. The molecule has 0 N–H and O–H groups in total. The van der Waals surface area contributed by atoms with Gasteiger partial charge in [-0.1, -0.05) is 37.3 Å². The maximum atomic E-state index is 2.31. The first-order valence-electron chi connectivity index (χ1n) is 4.18. The molecule has 0 atom stereocenters. The first kappa shape index (κ1) is 6.66. The van der Waals surface area contributed by atoms with Crippen LogP contribution in [0.15, 0.2) is 24.3 Å². The number of hydrogen-bond acceptors (Lipinski definition) is 0. The van der Waals surface area contributed by atoms with Gasteiger partial charge in [0.25, 0.3) is 0 Å². The summed E-state index contributed by atoms with van der Waals surface area (Å²) in [4.78, 5) is 0. The summed E-state index contributed by atoms with van der Waals surface area (Å²) in [5, 5.41) is 0. The molecule has 0 heteroatoms. The highest BCUT2D eigenvalue weighted by Crippen LogP contribution is 2.20.